The Hall–Kier alpha value is -1.94. The normalized spacial score (nSPS) is 10.8. The number of ketones is 1. The molecule has 0 radical (unpaired) electrons. The first-order valence-corrected chi connectivity index (χ1v) is 6.39. The first kappa shape index (κ1) is 13.5. The van der Waals surface area contributed by atoms with E-state index in [0.717, 1.165) is 5.56 Å². The SMILES string of the molecule is Nc1ccc(/C=C/C(=O)c2cccc(Br)c2F)cc1. The Morgan fingerprint density at radius 2 is 1.84 bits per heavy atom. The predicted octanol–water partition coefficient (Wildman–Crippen LogP) is 4.07. The molecule has 0 heterocycles. The van der Waals surface area contributed by atoms with Gasteiger partial charge in [0, 0.05) is 5.69 Å². The molecule has 0 atom stereocenters. The second-order valence-corrected chi connectivity index (χ2v) is 4.82. The van der Waals surface area contributed by atoms with Crippen LogP contribution in [-0.2, 0) is 0 Å². The molecule has 0 unspecified atom stereocenters. The molecule has 2 N–H and O–H groups in total. The third kappa shape index (κ3) is 3.29. The summed E-state index contributed by atoms with van der Waals surface area (Å²) in [5.74, 6) is -0.926. The van der Waals surface area contributed by atoms with Gasteiger partial charge in [-0.1, -0.05) is 24.3 Å². The van der Waals surface area contributed by atoms with Crippen LogP contribution in [0.1, 0.15) is 15.9 Å². The molecule has 96 valence electrons. The number of halogens is 2. The Labute approximate surface area is 118 Å². The predicted molar refractivity (Wildman–Crippen MR) is 78.3 cm³/mol. The van der Waals surface area contributed by atoms with E-state index in [1.165, 1.54) is 12.1 Å². The van der Waals surface area contributed by atoms with Crippen molar-refractivity contribution in [3.63, 3.8) is 0 Å². The number of anilines is 1. The van der Waals surface area contributed by atoms with Crippen LogP contribution >= 0.6 is 15.9 Å². The molecule has 0 aromatic heterocycles. The summed E-state index contributed by atoms with van der Waals surface area (Å²) in [7, 11) is 0. The van der Waals surface area contributed by atoms with Crippen LogP contribution in [0.4, 0.5) is 10.1 Å². The maximum absolute atomic E-state index is 13.7. The Balaban J connectivity index is 2.21. The molecular weight excluding hydrogens is 309 g/mol. The summed E-state index contributed by atoms with van der Waals surface area (Å²) in [4.78, 5) is 11.9. The van der Waals surface area contributed by atoms with E-state index in [0.29, 0.717) is 5.69 Å². The van der Waals surface area contributed by atoms with E-state index in [9.17, 15) is 9.18 Å². The second kappa shape index (κ2) is 5.80. The van der Waals surface area contributed by atoms with Gasteiger partial charge in [-0.25, -0.2) is 4.39 Å². The smallest absolute Gasteiger partial charge is 0.188 e. The molecule has 2 nitrogen and oxygen atoms in total. The first-order valence-electron chi connectivity index (χ1n) is 5.60. The lowest BCUT2D eigenvalue weighted by atomic mass is 10.1. The van der Waals surface area contributed by atoms with Crippen LogP contribution in [0.3, 0.4) is 0 Å². The van der Waals surface area contributed by atoms with Crippen molar-refractivity contribution < 1.29 is 9.18 Å². The van der Waals surface area contributed by atoms with Crippen LogP contribution < -0.4 is 5.73 Å². The zero-order valence-corrected chi connectivity index (χ0v) is 11.5. The number of hydrogen-bond acceptors (Lipinski definition) is 2. The van der Waals surface area contributed by atoms with Gasteiger partial charge in [-0.3, -0.25) is 4.79 Å². The molecule has 2 aromatic rings. The van der Waals surface area contributed by atoms with Crippen LogP contribution in [0.25, 0.3) is 6.08 Å². The number of benzene rings is 2. The number of allylic oxidation sites excluding steroid dienone is 1. The maximum atomic E-state index is 13.7. The van der Waals surface area contributed by atoms with Crippen LogP contribution in [0.2, 0.25) is 0 Å². The molecule has 2 aromatic carbocycles. The van der Waals surface area contributed by atoms with Crippen molar-refractivity contribution >= 4 is 33.5 Å². The Kier molecular flexibility index (Phi) is 4.12. The second-order valence-electron chi connectivity index (χ2n) is 3.97. The fourth-order valence-corrected chi connectivity index (χ4v) is 1.93. The van der Waals surface area contributed by atoms with Gasteiger partial charge in [-0.2, -0.15) is 0 Å². The van der Waals surface area contributed by atoms with Crippen molar-refractivity contribution in [3.05, 3.63) is 70.0 Å². The minimum Gasteiger partial charge on any atom is -0.399 e. The topological polar surface area (TPSA) is 43.1 Å². The molecule has 0 saturated carbocycles. The molecule has 4 heteroatoms. The van der Waals surface area contributed by atoms with Gasteiger partial charge >= 0.3 is 0 Å². The molecule has 0 aliphatic carbocycles. The van der Waals surface area contributed by atoms with Crippen molar-refractivity contribution in [1.29, 1.82) is 0 Å². The quantitative estimate of drug-likeness (QED) is 0.526. The van der Waals surface area contributed by atoms with Crippen LogP contribution in [0.5, 0.6) is 0 Å². The number of carbonyl (C=O) groups excluding carboxylic acids is 1. The van der Waals surface area contributed by atoms with E-state index in [1.54, 1.807) is 42.5 Å². The number of rotatable bonds is 3. The molecule has 0 fully saturated rings. The lowest BCUT2D eigenvalue weighted by Gasteiger charge is -2.00. The molecule has 2 rings (SSSR count). The molecular formula is C15H11BrFNO. The third-order valence-corrected chi connectivity index (χ3v) is 3.19. The monoisotopic (exact) mass is 319 g/mol. The molecule has 0 bridgehead atoms. The van der Waals surface area contributed by atoms with Gasteiger partial charge in [0.2, 0.25) is 0 Å². The van der Waals surface area contributed by atoms with E-state index in [1.807, 2.05) is 0 Å². The number of nitrogens with two attached hydrogens (primary N) is 1. The van der Waals surface area contributed by atoms with Crippen molar-refractivity contribution in [2.75, 3.05) is 5.73 Å². The van der Waals surface area contributed by atoms with Gasteiger partial charge in [-0.05, 0) is 51.8 Å². The minimum atomic E-state index is -0.547. The van der Waals surface area contributed by atoms with E-state index in [-0.39, 0.29) is 15.8 Å². The molecule has 0 spiro atoms. The van der Waals surface area contributed by atoms with Gasteiger partial charge < -0.3 is 5.73 Å². The molecule has 0 amide bonds. The highest BCUT2D eigenvalue weighted by atomic mass is 79.9. The number of carbonyl (C=O) groups is 1. The van der Waals surface area contributed by atoms with Gasteiger partial charge in [0.05, 0.1) is 10.0 Å². The number of nitrogen functional groups attached to an aromatic ring is 1. The highest BCUT2D eigenvalue weighted by Gasteiger charge is 2.10. The van der Waals surface area contributed by atoms with Crippen molar-refractivity contribution in [2.24, 2.45) is 0 Å². The van der Waals surface area contributed by atoms with Crippen molar-refractivity contribution in [2.45, 2.75) is 0 Å². The third-order valence-electron chi connectivity index (χ3n) is 2.58. The lowest BCUT2D eigenvalue weighted by molar-refractivity contribution is 0.104. The van der Waals surface area contributed by atoms with Crippen molar-refractivity contribution in [1.82, 2.24) is 0 Å². The summed E-state index contributed by atoms with van der Waals surface area (Å²) in [6.45, 7) is 0. The van der Waals surface area contributed by atoms with E-state index >= 15 is 0 Å². The minimum absolute atomic E-state index is 0.0427. The summed E-state index contributed by atoms with van der Waals surface area (Å²) in [5.41, 5.74) is 7.09. The highest BCUT2D eigenvalue weighted by molar-refractivity contribution is 9.10. The fraction of sp³-hybridized carbons (Fsp3) is 0. The Morgan fingerprint density at radius 1 is 1.16 bits per heavy atom. The lowest BCUT2D eigenvalue weighted by Crippen LogP contribution is -1.99. The van der Waals surface area contributed by atoms with Gasteiger partial charge in [0.1, 0.15) is 5.82 Å². The summed E-state index contributed by atoms with van der Waals surface area (Å²) in [6.07, 6.45) is 2.97. The van der Waals surface area contributed by atoms with Crippen LogP contribution in [0, 0.1) is 5.82 Å². The highest BCUT2D eigenvalue weighted by Crippen LogP contribution is 2.19. The fourth-order valence-electron chi connectivity index (χ4n) is 1.56. The number of hydrogen-bond donors (Lipinski definition) is 1. The largest absolute Gasteiger partial charge is 0.399 e. The molecule has 0 saturated heterocycles. The van der Waals surface area contributed by atoms with Gasteiger partial charge in [-0.15, -0.1) is 0 Å². The van der Waals surface area contributed by atoms with E-state index in [2.05, 4.69) is 15.9 Å². The van der Waals surface area contributed by atoms with E-state index in [4.69, 9.17) is 5.73 Å². The average molecular weight is 320 g/mol. The average Bonchev–Trinajstić information content (AvgIpc) is 2.41. The van der Waals surface area contributed by atoms with Gasteiger partial charge in [0.25, 0.3) is 0 Å². The van der Waals surface area contributed by atoms with Crippen LogP contribution in [-0.4, -0.2) is 5.78 Å². The Bertz CT molecular complexity index is 635. The van der Waals surface area contributed by atoms with Gasteiger partial charge in [0.15, 0.2) is 5.78 Å². The standard InChI is InChI=1S/C15H11BrFNO/c16-13-3-1-2-12(15(13)17)14(19)9-6-10-4-7-11(18)8-5-10/h1-9H,18H2/b9-6+. The summed E-state index contributed by atoms with van der Waals surface area (Å²) in [6, 6.07) is 11.7. The van der Waals surface area contributed by atoms with E-state index < -0.39 is 5.82 Å². The first-order chi connectivity index (χ1) is 9.08. The van der Waals surface area contributed by atoms with Crippen molar-refractivity contribution in [3.8, 4) is 0 Å². The molecule has 19 heavy (non-hydrogen) atoms. The Morgan fingerprint density at radius 3 is 2.53 bits per heavy atom. The zero-order valence-electron chi connectivity index (χ0n) is 9.94. The maximum Gasteiger partial charge on any atom is 0.188 e. The molecule has 0 aliphatic heterocycles. The zero-order chi connectivity index (χ0) is 13.8. The summed E-state index contributed by atoms with van der Waals surface area (Å²) < 4.78 is 14.0. The summed E-state index contributed by atoms with van der Waals surface area (Å²) >= 11 is 3.05. The van der Waals surface area contributed by atoms with Crippen LogP contribution in [0.15, 0.2) is 53.0 Å². The summed E-state index contributed by atoms with van der Waals surface area (Å²) in [5, 5.41) is 0. The molecule has 0 aliphatic rings.